The van der Waals surface area contributed by atoms with Gasteiger partial charge in [0, 0.05) is 0 Å². The first-order valence-electron chi connectivity index (χ1n) is 9.27. The van der Waals surface area contributed by atoms with Crippen LogP contribution in [0.4, 0.5) is 23.7 Å². The van der Waals surface area contributed by atoms with Gasteiger partial charge in [0.2, 0.25) is 5.91 Å². The molecule has 0 bridgehead atoms. The first-order valence-corrected chi connectivity index (χ1v) is 10.1. The number of anilines is 1. The van der Waals surface area contributed by atoms with E-state index < -0.39 is 41.0 Å². The van der Waals surface area contributed by atoms with Crippen LogP contribution in [-0.2, 0) is 15.8 Å². The topological polar surface area (TPSA) is 95.9 Å². The number of carbonyl (C=O) groups excluding carboxylic acids is 3. The van der Waals surface area contributed by atoms with Gasteiger partial charge in [-0.1, -0.05) is 18.2 Å². The molecule has 0 saturated carbocycles. The Kier molecular flexibility index (Phi) is 6.78. The summed E-state index contributed by atoms with van der Waals surface area (Å²) in [5, 5.41) is 11.1. The number of para-hydroxylation sites is 1. The van der Waals surface area contributed by atoms with E-state index in [1.54, 1.807) is 6.92 Å². The van der Waals surface area contributed by atoms with E-state index in [1.807, 2.05) is 0 Å². The number of phenols is 1. The van der Waals surface area contributed by atoms with Crippen LogP contribution in [0, 0.1) is 0 Å². The van der Waals surface area contributed by atoms with E-state index >= 15 is 0 Å². The molecule has 1 fully saturated rings. The fourth-order valence-corrected chi connectivity index (χ4v) is 3.69. The Morgan fingerprint density at radius 1 is 1.22 bits per heavy atom. The molecule has 2 aromatic carbocycles. The van der Waals surface area contributed by atoms with Gasteiger partial charge in [0.15, 0.2) is 11.5 Å². The van der Waals surface area contributed by atoms with Crippen LogP contribution in [0.3, 0.4) is 0 Å². The number of phenolic OH excluding ortho intramolecular Hbond substituents is 1. The number of hydrogen-bond acceptors (Lipinski definition) is 6. The van der Waals surface area contributed by atoms with Crippen molar-refractivity contribution in [1.82, 2.24) is 4.90 Å². The molecule has 7 nitrogen and oxygen atoms in total. The van der Waals surface area contributed by atoms with Crippen molar-refractivity contribution in [2.24, 2.45) is 0 Å². The summed E-state index contributed by atoms with van der Waals surface area (Å²) < 4.78 is 44.5. The number of amides is 3. The van der Waals surface area contributed by atoms with Gasteiger partial charge in [-0.15, -0.1) is 0 Å². The minimum Gasteiger partial charge on any atom is -0.504 e. The van der Waals surface area contributed by atoms with E-state index in [9.17, 15) is 32.7 Å². The Balaban J connectivity index is 1.74. The third-order valence-electron chi connectivity index (χ3n) is 4.26. The second kappa shape index (κ2) is 9.35. The lowest BCUT2D eigenvalue weighted by Gasteiger charge is -2.15. The summed E-state index contributed by atoms with van der Waals surface area (Å²) in [7, 11) is 0. The van der Waals surface area contributed by atoms with Crippen LogP contribution >= 0.6 is 11.8 Å². The molecule has 1 aliphatic heterocycles. The summed E-state index contributed by atoms with van der Waals surface area (Å²) in [5.41, 5.74) is -1.04. The molecule has 32 heavy (non-hydrogen) atoms. The molecule has 0 unspecified atom stereocenters. The van der Waals surface area contributed by atoms with Gasteiger partial charge in [-0.3, -0.25) is 19.3 Å². The predicted molar refractivity (Wildman–Crippen MR) is 112 cm³/mol. The highest BCUT2D eigenvalue weighted by Crippen LogP contribution is 2.36. The number of halogens is 3. The molecule has 0 atom stereocenters. The molecule has 1 heterocycles. The summed E-state index contributed by atoms with van der Waals surface area (Å²) in [5.74, 6) is -1.60. The molecule has 1 saturated heterocycles. The van der Waals surface area contributed by atoms with Crippen LogP contribution in [0.1, 0.15) is 18.1 Å². The van der Waals surface area contributed by atoms with Crippen molar-refractivity contribution in [2.75, 3.05) is 18.5 Å². The molecule has 2 aromatic rings. The molecular weight excluding hydrogens is 449 g/mol. The summed E-state index contributed by atoms with van der Waals surface area (Å²) in [6.45, 7) is 1.30. The SMILES string of the molecule is CCOc1cc(/C=C2\SC(=O)N(CC(=O)Nc3ccccc3C(F)(F)F)C2=O)ccc1O. The maximum atomic E-state index is 13.1. The third-order valence-corrected chi connectivity index (χ3v) is 5.17. The summed E-state index contributed by atoms with van der Waals surface area (Å²) in [6.07, 6.45) is -3.29. The zero-order valence-corrected chi connectivity index (χ0v) is 17.4. The van der Waals surface area contributed by atoms with E-state index in [1.165, 1.54) is 36.4 Å². The molecule has 168 valence electrons. The quantitative estimate of drug-likeness (QED) is 0.610. The molecule has 0 aliphatic carbocycles. The Morgan fingerprint density at radius 3 is 2.62 bits per heavy atom. The molecule has 11 heteroatoms. The number of benzene rings is 2. The molecule has 1 aliphatic rings. The highest BCUT2D eigenvalue weighted by molar-refractivity contribution is 8.18. The Hall–Kier alpha value is -3.47. The number of imide groups is 1. The van der Waals surface area contributed by atoms with Gasteiger partial charge < -0.3 is 15.2 Å². The molecule has 0 spiro atoms. The number of aromatic hydroxyl groups is 1. The normalized spacial score (nSPS) is 15.4. The van der Waals surface area contributed by atoms with Crippen LogP contribution < -0.4 is 10.1 Å². The third kappa shape index (κ3) is 5.22. The van der Waals surface area contributed by atoms with Crippen LogP contribution in [-0.4, -0.2) is 40.2 Å². The summed E-state index contributed by atoms with van der Waals surface area (Å²) >= 11 is 0.591. The van der Waals surface area contributed by atoms with Crippen molar-refractivity contribution in [3.63, 3.8) is 0 Å². The van der Waals surface area contributed by atoms with Gasteiger partial charge in [-0.05, 0) is 54.6 Å². The van der Waals surface area contributed by atoms with E-state index in [0.717, 1.165) is 12.1 Å². The smallest absolute Gasteiger partial charge is 0.418 e. The fourth-order valence-electron chi connectivity index (χ4n) is 2.85. The number of alkyl halides is 3. The largest absolute Gasteiger partial charge is 0.504 e. The number of ether oxygens (including phenoxy) is 1. The van der Waals surface area contributed by atoms with Gasteiger partial charge in [0.05, 0.1) is 22.8 Å². The van der Waals surface area contributed by atoms with Gasteiger partial charge in [0.25, 0.3) is 11.1 Å². The van der Waals surface area contributed by atoms with Crippen LogP contribution in [0.2, 0.25) is 0 Å². The lowest BCUT2D eigenvalue weighted by Crippen LogP contribution is -2.36. The number of nitrogens with zero attached hydrogens (tertiary/aromatic N) is 1. The number of thioether (sulfide) groups is 1. The highest BCUT2D eigenvalue weighted by atomic mass is 32.2. The van der Waals surface area contributed by atoms with Gasteiger partial charge >= 0.3 is 6.18 Å². The Labute approximate surface area is 184 Å². The number of hydrogen-bond donors (Lipinski definition) is 2. The van der Waals surface area contributed by atoms with E-state index in [0.29, 0.717) is 28.8 Å². The zero-order valence-electron chi connectivity index (χ0n) is 16.6. The second-order valence-corrected chi connectivity index (χ2v) is 7.51. The molecule has 2 N–H and O–H groups in total. The Bertz CT molecular complexity index is 1100. The van der Waals surface area contributed by atoms with Gasteiger partial charge in [-0.25, -0.2) is 0 Å². The van der Waals surface area contributed by atoms with E-state index in [4.69, 9.17) is 4.74 Å². The molecule has 3 amide bonds. The fraction of sp³-hybridized carbons (Fsp3) is 0.190. The number of rotatable bonds is 6. The average molecular weight is 466 g/mol. The van der Waals surface area contributed by atoms with Gasteiger partial charge in [0.1, 0.15) is 6.54 Å². The minimum absolute atomic E-state index is 0.0200. The highest BCUT2D eigenvalue weighted by Gasteiger charge is 2.37. The molecular formula is C21H17F3N2O5S. The number of nitrogens with one attached hydrogen (secondary N) is 1. The minimum atomic E-state index is -4.68. The summed E-state index contributed by atoms with van der Waals surface area (Å²) in [6, 6.07) is 8.75. The number of carbonyl (C=O) groups is 3. The van der Waals surface area contributed by atoms with Gasteiger partial charge in [-0.2, -0.15) is 13.2 Å². The maximum absolute atomic E-state index is 13.1. The second-order valence-electron chi connectivity index (χ2n) is 6.52. The lowest BCUT2D eigenvalue weighted by molar-refractivity contribution is -0.137. The molecule has 0 aromatic heterocycles. The van der Waals surface area contributed by atoms with Crippen molar-refractivity contribution >= 4 is 40.6 Å². The van der Waals surface area contributed by atoms with Crippen molar-refractivity contribution in [3.8, 4) is 11.5 Å². The Morgan fingerprint density at radius 2 is 1.94 bits per heavy atom. The van der Waals surface area contributed by atoms with Crippen LogP contribution in [0.15, 0.2) is 47.4 Å². The zero-order chi connectivity index (χ0) is 23.5. The first-order chi connectivity index (χ1) is 15.1. The average Bonchev–Trinajstić information content (AvgIpc) is 2.97. The van der Waals surface area contributed by atoms with E-state index in [2.05, 4.69) is 5.32 Å². The standard InChI is InChI=1S/C21H17F3N2O5S/c1-2-31-16-9-12(7-8-15(16)27)10-17-19(29)26(20(30)32-17)11-18(28)25-14-6-4-3-5-13(14)21(22,23)24/h3-10,27H,2,11H2,1H3,(H,25,28)/b17-10-. The van der Waals surface area contributed by atoms with Crippen LogP contribution in [0.25, 0.3) is 6.08 Å². The van der Waals surface area contributed by atoms with Crippen molar-refractivity contribution < 1.29 is 37.4 Å². The summed E-state index contributed by atoms with van der Waals surface area (Å²) in [4.78, 5) is 37.7. The monoisotopic (exact) mass is 466 g/mol. The molecule has 0 radical (unpaired) electrons. The van der Waals surface area contributed by atoms with Crippen molar-refractivity contribution in [2.45, 2.75) is 13.1 Å². The van der Waals surface area contributed by atoms with Crippen molar-refractivity contribution in [3.05, 3.63) is 58.5 Å². The molecule has 3 rings (SSSR count). The lowest BCUT2D eigenvalue weighted by atomic mass is 10.1. The predicted octanol–water partition coefficient (Wildman–Crippen LogP) is 4.48. The first kappa shape index (κ1) is 23.2. The van der Waals surface area contributed by atoms with Crippen LogP contribution in [0.5, 0.6) is 11.5 Å². The van der Waals surface area contributed by atoms with E-state index in [-0.39, 0.29) is 16.4 Å². The maximum Gasteiger partial charge on any atom is 0.418 e. The van der Waals surface area contributed by atoms with Crippen molar-refractivity contribution in [1.29, 1.82) is 0 Å².